The standard InChI is InChI=1S/C24H30N4O2S/c1-6-30-21-14-12-20(13-15-21)28-23(19-10-8-7-9-11-19)25-26-24(28)31-16-22(29)27(17(2)3)18(4)5/h7-15,17-18H,6,16H2,1-5H3. The lowest BCUT2D eigenvalue weighted by Crippen LogP contribution is -2.43. The summed E-state index contributed by atoms with van der Waals surface area (Å²) in [4.78, 5) is 14.8. The summed E-state index contributed by atoms with van der Waals surface area (Å²) in [7, 11) is 0. The number of carbonyl (C=O) groups is 1. The SMILES string of the molecule is CCOc1ccc(-n2c(SCC(=O)N(C(C)C)C(C)C)nnc2-c2ccccc2)cc1. The minimum Gasteiger partial charge on any atom is -0.494 e. The van der Waals surface area contributed by atoms with Gasteiger partial charge in [-0.05, 0) is 58.9 Å². The lowest BCUT2D eigenvalue weighted by Gasteiger charge is -2.30. The third kappa shape index (κ3) is 5.47. The molecule has 0 aliphatic heterocycles. The van der Waals surface area contributed by atoms with Gasteiger partial charge in [-0.15, -0.1) is 10.2 Å². The van der Waals surface area contributed by atoms with E-state index < -0.39 is 0 Å². The van der Waals surface area contributed by atoms with Gasteiger partial charge in [-0.25, -0.2) is 0 Å². The fraction of sp³-hybridized carbons (Fsp3) is 0.375. The van der Waals surface area contributed by atoms with Gasteiger partial charge in [0.1, 0.15) is 5.75 Å². The number of thioether (sulfide) groups is 1. The molecule has 3 aromatic rings. The van der Waals surface area contributed by atoms with Gasteiger partial charge in [-0.2, -0.15) is 0 Å². The van der Waals surface area contributed by atoms with Crippen molar-refractivity contribution in [3.05, 3.63) is 54.6 Å². The Kier molecular flexibility index (Phi) is 7.74. The Hall–Kier alpha value is -2.80. The topological polar surface area (TPSA) is 60.2 Å². The van der Waals surface area contributed by atoms with Crippen molar-refractivity contribution in [1.82, 2.24) is 19.7 Å². The van der Waals surface area contributed by atoms with E-state index in [0.717, 1.165) is 22.8 Å². The predicted octanol–water partition coefficient (Wildman–Crippen LogP) is 5.07. The molecule has 0 fully saturated rings. The smallest absolute Gasteiger partial charge is 0.233 e. The molecule has 0 saturated heterocycles. The van der Waals surface area contributed by atoms with Gasteiger partial charge in [0, 0.05) is 23.3 Å². The molecule has 31 heavy (non-hydrogen) atoms. The molecule has 6 nitrogen and oxygen atoms in total. The van der Waals surface area contributed by atoms with Crippen molar-refractivity contribution in [1.29, 1.82) is 0 Å². The van der Waals surface area contributed by atoms with Crippen LogP contribution in [0.1, 0.15) is 34.6 Å². The van der Waals surface area contributed by atoms with Crippen molar-refractivity contribution in [2.24, 2.45) is 0 Å². The van der Waals surface area contributed by atoms with Crippen molar-refractivity contribution < 1.29 is 9.53 Å². The number of benzene rings is 2. The first-order chi connectivity index (χ1) is 14.9. The zero-order chi connectivity index (χ0) is 22.4. The quantitative estimate of drug-likeness (QED) is 0.437. The van der Waals surface area contributed by atoms with Gasteiger partial charge in [0.25, 0.3) is 0 Å². The average molecular weight is 439 g/mol. The summed E-state index contributed by atoms with van der Waals surface area (Å²) >= 11 is 1.41. The first-order valence-corrected chi connectivity index (χ1v) is 11.6. The maximum Gasteiger partial charge on any atom is 0.233 e. The molecule has 0 aliphatic carbocycles. The number of carbonyl (C=O) groups excluding carboxylic acids is 1. The molecule has 7 heteroatoms. The second kappa shape index (κ2) is 10.5. The molecule has 164 valence electrons. The van der Waals surface area contributed by atoms with Crippen LogP contribution in [0.2, 0.25) is 0 Å². The number of aromatic nitrogens is 3. The highest BCUT2D eigenvalue weighted by Gasteiger charge is 2.22. The van der Waals surface area contributed by atoms with Gasteiger partial charge in [0.2, 0.25) is 5.91 Å². The van der Waals surface area contributed by atoms with Gasteiger partial charge in [-0.3, -0.25) is 9.36 Å². The third-order valence-corrected chi connectivity index (χ3v) is 5.71. The fourth-order valence-electron chi connectivity index (χ4n) is 3.60. The summed E-state index contributed by atoms with van der Waals surface area (Å²) in [5, 5.41) is 9.56. The third-order valence-electron chi connectivity index (χ3n) is 4.80. The van der Waals surface area contributed by atoms with E-state index in [9.17, 15) is 4.79 Å². The van der Waals surface area contributed by atoms with Crippen molar-refractivity contribution >= 4 is 17.7 Å². The van der Waals surface area contributed by atoms with E-state index in [1.54, 1.807) is 0 Å². The second-order valence-corrected chi connectivity index (χ2v) is 8.65. The second-order valence-electron chi connectivity index (χ2n) is 7.71. The summed E-state index contributed by atoms with van der Waals surface area (Å²) in [5.74, 6) is 1.96. The highest BCUT2D eigenvalue weighted by Crippen LogP contribution is 2.29. The molecule has 1 heterocycles. The van der Waals surface area contributed by atoms with Gasteiger partial charge < -0.3 is 9.64 Å². The Morgan fingerprint density at radius 3 is 2.23 bits per heavy atom. The highest BCUT2D eigenvalue weighted by molar-refractivity contribution is 7.99. The number of nitrogens with zero attached hydrogens (tertiary/aromatic N) is 4. The predicted molar refractivity (Wildman–Crippen MR) is 126 cm³/mol. The molecule has 1 amide bonds. The van der Waals surface area contributed by atoms with Crippen LogP contribution >= 0.6 is 11.8 Å². The van der Waals surface area contributed by atoms with E-state index in [-0.39, 0.29) is 18.0 Å². The minimum atomic E-state index is 0.0949. The Balaban J connectivity index is 1.93. The van der Waals surface area contributed by atoms with Crippen LogP contribution < -0.4 is 4.74 Å². The largest absolute Gasteiger partial charge is 0.494 e. The lowest BCUT2D eigenvalue weighted by atomic mass is 10.2. The molecule has 1 aromatic heterocycles. The van der Waals surface area contributed by atoms with Crippen LogP contribution in [0.25, 0.3) is 17.1 Å². The first-order valence-electron chi connectivity index (χ1n) is 10.6. The molecule has 3 rings (SSSR count). The summed E-state index contributed by atoms with van der Waals surface area (Å²) in [6.07, 6.45) is 0. The van der Waals surface area contributed by atoms with Crippen molar-refractivity contribution in [3.63, 3.8) is 0 Å². The Morgan fingerprint density at radius 2 is 1.65 bits per heavy atom. The highest BCUT2D eigenvalue weighted by atomic mass is 32.2. The average Bonchev–Trinajstić information content (AvgIpc) is 3.17. The molecule has 0 saturated carbocycles. The van der Waals surface area contributed by atoms with Crippen LogP contribution in [0.15, 0.2) is 59.8 Å². The van der Waals surface area contributed by atoms with E-state index in [4.69, 9.17) is 4.74 Å². The van der Waals surface area contributed by atoms with Crippen LogP contribution in [0.3, 0.4) is 0 Å². The zero-order valence-corrected chi connectivity index (χ0v) is 19.6. The molecule has 0 N–H and O–H groups in total. The molecule has 0 atom stereocenters. The fourth-order valence-corrected chi connectivity index (χ4v) is 4.42. The van der Waals surface area contributed by atoms with Gasteiger partial charge in [-0.1, -0.05) is 42.1 Å². The first kappa shape index (κ1) is 22.9. The Morgan fingerprint density at radius 1 is 1.00 bits per heavy atom. The van der Waals surface area contributed by atoms with Crippen molar-refractivity contribution in [3.8, 4) is 22.8 Å². The Labute approximate surface area is 188 Å². The van der Waals surface area contributed by atoms with Gasteiger partial charge >= 0.3 is 0 Å². The number of hydrogen-bond acceptors (Lipinski definition) is 5. The molecular weight excluding hydrogens is 408 g/mol. The molecule has 0 bridgehead atoms. The van der Waals surface area contributed by atoms with Crippen LogP contribution in [0.5, 0.6) is 5.75 Å². The van der Waals surface area contributed by atoms with E-state index in [2.05, 4.69) is 10.2 Å². The molecular formula is C24H30N4O2S. The summed E-state index contributed by atoms with van der Waals surface area (Å²) in [6.45, 7) is 10.7. The molecule has 0 unspecified atom stereocenters. The van der Waals surface area contributed by atoms with Crippen LogP contribution in [0.4, 0.5) is 0 Å². The van der Waals surface area contributed by atoms with Gasteiger partial charge in [0.05, 0.1) is 12.4 Å². The zero-order valence-electron chi connectivity index (χ0n) is 18.8. The Bertz CT molecular complexity index is 977. The van der Waals surface area contributed by atoms with Crippen LogP contribution in [-0.2, 0) is 4.79 Å². The summed E-state index contributed by atoms with van der Waals surface area (Å²) in [6, 6.07) is 18.1. The maximum absolute atomic E-state index is 12.9. The molecule has 0 aliphatic rings. The number of amides is 1. The minimum absolute atomic E-state index is 0.0949. The number of rotatable bonds is 9. The van der Waals surface area contributed by atoms with Gasteiger partial charge in [0.15, 0.2) is 11.0 Å². The van der Waals surface area contributed by atoms with E-state index >= 15 is 0 Å². The van der Waals surface area contributed by atoms with Crippen LogP contribution in [0, 0.1) is 0 Å². The maximum atomic E-state index is 12.9. The number of hydrogen-bond donors (Lipinski definition) is 0. The van der Waals surface area contributed by atoms with Crippen molar-refractivity contribution in [2.75, 3.05) is 12.4 Å². The van der Waals surface area contributed by atoms with E-state index in [1.807, 2.05) is 98.7 Å². The molecule has 0 spiro atoms. The normalized spacial score (nSPS) is 11.2. The van der Waals surface area contributed by atoms with E-state index in [0.29, 0.717) is 17.5 Å². The summed E-state index contributed by atoms with van der Waals surface area (Å²) < 4.78 is 7.58. The molecule has 2 aromatic carbocycles. The van der Waals surface area contributed by atoms with Crippen LogP contribution in [-0.4, -0.2) is 50.0 Å². The van der Waals surface area contributed by atoms with E-state index in [1.165, 1.54) is 11.8 Å². The number of ether oxygens (including phenoxy) is 1. The van der Waals surface area contributed by atoms with Crippen molar-refractivity contribution in [2.45, 2.75) is 51.9 Å². The summed E-state index contributed by atoms with van der Waals surface area (Å²) in [5.41, 5.74) is 1.89. The monoisotopic (exact) mass is 438 g/mol. The molecule has 0 radical (unpaired) electrons. The lowest BCUT2D eigenvalue weighted by molar-refractivity contribution is -0.131.